The predicted octanol–water partition coefficient (Wildman–Crippen LogP) is 2.56. The second-order valence-electron chi connectivity index (χ2n) is 7.27. The zero-order valence-electron chi connectivity index (χ0n) is 13.7. The summed E-state index contributed by atoms with van der Waals surface area (Å²) in [5, 5.41) is 9.20. The Hall–Kier alpha value is -1.91. The first-order chi connectivity index (χ1) is 10.2. The first-order valence-electron chi connectivity index (χ1n) is 7.67. The van der Waals surface area contributed by atoms with Crippen molar-refractivity contribution in [1.82, 2.24) is 9.88 Å². The summed E-state index contributed by atoms with van der Waals surface area (Å²) in [7, 11) is 0. The molecule has 1 aliphatic rings. The maximum absolute atomic E-state index is 12.5. The third-order valence-corrected chi connectivity index (χ3v) is 4.14. The smallest absolute Gasteiger partial charge is 0.308 e. The minimum absolute atomic E-state index is 0.0113. The van der Waals surface area contributed by atoms with Crippen molar-refractivity contribution in [1.29, 1.82) is 0 Å². The van der Waals surface area contributed by atoms with Crippen LogP contribution in [0, 0.1) is 11.8 Å². The van der Waals surface area contributed by atoms with Crippen LogP contribution in [0.15, 0.2) is 18.3 Å². The van der Waals surface area contributed by atoms with E-state index in [9.17, 15) is 14.7 Å². The molecule has 1 saturated heterocycles. The molecule has 1 N–H and O–H groups in total. The highest BCUT2D eigenvalue weighted by Crippen LogP contribution is 2.24. The van der Waals surface area contributed by atoms with Crippen molar-refractivity contribution in [2.75, 3.05) is 13.1 Å². The van der Waals surface area contributed by atoms with Crippen LogP contribution in [0.25, 0.3) is 0 Å². The number of pyridine rings is 1. The van der Waals surface area contributed by atoms with Gasteiger partial charge in [0.25, 0.3) is 5.91 Å². The van der Waals surface area contributed by atoms with E-state index in [1.54, 1.807) is 17.2 Å². The van der Waals surface area contributed by atoms with Gasteiger partial charge in [0.1, 0.15) is 5.69 Å². The highest BCUT2D eigenvalue weighted by atomic mass is 16.4. The first-order valence-corrected chi connectivity index (χ1v) is 7.67. The van der Waals surface area contributed by atoms with E-state index in [1.165, 1.54) is 0 Å². The highest BCUT2D eigenvalue weighted by Gasteiger charge is 2.32. The van der Waals surface area contributed by atoms with Crippen LogP contribution in [0.1, 0.15) is 50.2 Å². The molecule has 120 valence electrons. The van der Waals surface area contributed by atoms with Crippen molar-refractivity contribution in [3.63, 3.8) is 0 Å². The maximum Gasteiger partial charge on any atom is 0.308 e. The second kappa shape index (κ2) is 6.07. The molecule has 5 heteroatoms. The van der Waals surface area contributed by atoms with Crippen LogP contribution in [-0.2, 0) is 10.2 Å². The van der Waals surface area contributed by atoms with Gasteiger partial charge in [-0.05, 0) is 29.4 Å². The lowest BCUT2D eigenvalue weighted by molar-refractivity contribution is -0.143. The summed E-state index contributed by atoms with van der Waals surface area (Å²) < 4.78 is 0. The van der Waals surface area contributed by atoms with E-state index in [4.69, 9.17) is 0 Å². The van der Waals surface area contributed by atoms with Crippen molar-refractivity contribution < 1.29 is 14.7 Å². The van der Waals surface area contributed by atoms with Gasteiger partial charge in [0.15, 0.2) is 0 Å². The molecule has 2 unspecified atom stereocenters. The molecule has 1 aromatic heterocycles. The summed E-state index contributed by atoms with van der Waals surface area (Å²) in [5.74, 6) is -1.31. The Morgan fingerprint density at radius 1 is 1.27 bits per heavy atom. The van der Waals surface area contributed by atoms with Crippen LogP contribution in [0.5, 0.6) is 0 Å². The molecule has 0 radical (unpaired) electrons. The molecule has 2 heterocycles. The van der Waals surface area contributed by atoms with E-state index in [1.807, 2.05) is 13.0 Å². The lowest BCUT2D eigenvalue weighted by Gasteiger charge is -2.34. The van der Waals surface area contributed by atoms with E-state index in [2.05, 4.69) is 25.8 Å². The molecule has 1 fully saturated rings. The van der Waals surface area contributed by atoms with Crippen LogP contribution in [0.4, 0.5) is 0 Å². The third kappa shape index (κ3) is 3.64. The third-order valence-electron chi connectivity index (χ3n) is 4.14. The average Bonchev–Trinajstić information content (AvgIpc) is 2.45. The zero-order valence-corrected chi connectivity index (χ0v) is 13.7. The first kappa shape index (κ1) is 16.5. The molecule has 2 rings (SSSR count). The second-order valence-corrected chi connectivity index (χ2v) is 7.27. The quantitative estimate of drug-likeness (QED) is 0.911. The maximum atomic E-state index is 12.5. The molecule has 0 bridgehead atoms. The molecular weight excluding hydrogens is 280 g/mol. The van der Waals surface area contributed by atoms with Gasteiger partial charge in [0.05, 0.1) is 5.92 Å². The van der Waals surface area contributed by atoms with Gasteiger partial charge in [-0.25, -0.2) is 0 Å². The SMILES string of the molecule is CC1CC(C(=O)O)CN(C(=O)c2ccc(C(C)(C)C)cn2)C1. The largest absolute Gasteiger partial charge is 0.481 e. The topological polar surface area (TPSA) is 70.5 Å². The van der Waals surface area contributed by atoms with Crippen molar-refractivity contribution in [3.8, 4) is 0 Å². The standard InChI is InChI=1S/C17H24N2O3/c1-11-7-12(16(21)22)10-19(9-11)15(20)14-6-5-13(8-18-14)17(2,3)4/h5-6,8,11-12H,7,9-10H2,1-4H3,(H,21,22). The van der Waals surface area contributed by atoms with Crippen molar-refractivity contribution in [2.45, 2.75) is 39.5 Å². The summed E-state index contributed by atoms with van der Waals surface area (Å²) in [6.07, 6.45) is 2.35. The van der Waals surface area contributed by atoms with Gasteiger partial charge in [-0.2, -0.15) is 0 Å². The van der Waals surface area contributed by atoms with Crippen LogP contribution in [-0.4, -0.2) is 40.0 Å². The van der Waals surface area contributed by atoms with E-state index < -0.39 is 11.9 Å². The number of piperidine rings is 1. The number of carbonyl (C=O) groups excluding carboxylic acids is 1. The van der Waals surface area contributed by atoms with Crippen LogP contribution in [0.2, 0.25) is 0 Å². The fourth-order valence-electron chi connectivity index (χ4n) is 2.82. The monoisotopic (exact) mass is 304 g/mol. The molecule has 1 aromatic rings. The summed E-state index contributed by atoms with van der Waals surface area (Å²) in [4.78, 5) is 29.6. The number of carboxylic acids is 1. The molecule has 0 aromatic carbocycles. The van der Waals surface area contributed by atoms with Crippen molar-refractivity contribution in [2.24, 2.45) is 11.8 Å². The summed E-state index contributed by atoms with van der Waals surface area (Å²) in [6.45, 7) is 9.11. The fraction of sp³-hybridized carbons (Fsp3) is 0.588. The minimum Gasteiger partial charge on any atom is -0.481 e. The van der Waals surface area contributed by atoms with Crippen molar-refractivity contribution in [3.05, 3.63) is 29.6 Å². The van der Waals surface area contributed by atoms with Gasteiger partial charge < -0.3 is 10.0 Å². The number of amides is 1. The van der Waals surface area contributed by atoms with Gasteiger partial charge in [0, 0.05) is 19.3 Å². The van der Waals surface area contributed by atoms with E-state index in [0.29, 0.717) is 18.7 Å². The Bertz CT molecular complexity index is 560. The van der Waals surface area contributed by atoms with Gasteiger partial charge in [-0.3, -0.25) is 14.6 Å². The Labute approximate surface area is 131 Å². The number of nitrogens with zero attached hydrogens (tertiary/aromatic N) is 2. The Morgan fingerprint density at radius 2 is 1.95 bits per heavy atom. The zero-order chi connectivity index (χ0) is 16.5. The van der Waals surface area contributed by atoms with Crippen LogP contribution >= 0.6 is 0 Å². The van der Waals surface area contributed by atoms with Crippen LogP contribution in [0.3, 0.4) is 0 Å². The number of likely N-dealkylation sites (tertiary alicyclic amines) is 1. The lowest BCUT2D eigenvalue weighted by Crippen LogP contribution is -2.45. The minimum atomic E-state index is -0.833. The highest BCUT2D eigenvalue weighted by molar-refractivity contribution is 5.92. The number of rotatable bonds is 2. The lowest BCUT2D eigenvalue weighted by atomic mass is 9.88. The number of aliphatic carboxylic acids is 1. The molecule has 22 heavy (non-hydrogen) atoms. The molecule has 5 nitrogen and oxygen atoms in total. The Kier molecular flexibility index (Phi) is 4.54. The van der Waals surface area contributed by atoms with Crippen molar-refractivity contribution >= 4 is 11.9 Å². The average molecular weight is 304 g/mol. The Balaban J connectivity index is 2.15. The van der Waals surface area contributed by atoms with Crippen LogP contribution < -0.4 is 0 Å². The summed E-state index contributed by atoms with van der Waals surface area (Å²) in [6, 6.07) is 3.65. The molecular formula is C17H24N2O3. The van der Waals surface area contributed by atoms with Gasteiger partial charge >= 0.3 is 5.97 Å². The van der Waals surface area contributed by atoms with Gasteiger partial charge in [0.2, 0.25) is 0 Å². The van der Waals surface area contributed by atoms with Gasteiger partial charge in [-0.15, -0.1) is 0 Å². The molecule has 0 aliphatic carbocycles. The molecule has 0 spiro atoms. The summed E-state index contributed by atoms with van der Waals surface area (Å²) in [5.41, 5.74) is 1.44. The number of hydrogen-bond donors (Lipinski definition) is 1. The molecule has 2 atom stereocenters. The van der Waals surface area contributed by atoms with E-state index in [-0.39, 0.29) is 23.8 Å². The Morgan fingerprint density at radius 3 is 2.45 bits per heavy atom. The number of aromatic nitrogens is 1. The van der Waals surface area contributed by atoms with E-state index >= 15 is 0 Å². The fourth-order valence-corrected chi connectivity index (χ4v) is 2.82. The molecule has 1 amide bonds. The normalized spacial score (nSPS) is 22.5. The van der Waals surface area contributed by atoms with Gasteiger partial charge in [-0.1, -0.05) is 33.8 Å². The van der Waals surface area contributed by atoms with E-state index in [0.717, 1.165) is 5.56 Å². The predicted molar refractivity (Wildman–Crippen MR) is 83.7 cm³/mol. The number of carboxylic acid groups (broad SMARTS) is 1. The molecule has 1 aliphatic heterocycles. The number of hydrogen-bond acceptors (Lipinski definition) is 3. The summed E-state index contributed by atoms with van der Waals surface area (Å²) >= 11 is 0. The number of carbonyl (C=O) groups is 2. The molecule has 0 saturated carbocycles.